The monoisotopic (exact) mass is 269 g/mol. The Balaban J connectivity index is 2.85. The van der Waals surface area contributed by atoms with Crippen LogP contribution < -0.4 is 10.2 Å². The van der Waals surface area contributed by atoms with Crippen LogP contribution in [0.4, 0.5) is 5.82 Å². The second-order valence-corrected chi connectivity index (χ2v) is 5.66. The van der Waals surface area contributed by atoms with E-state index in [1.54, 1.807) is 6.20 Å². The Hall–Kier alpha value is -0.800. The van der Waals surface area contributed by atoms with Gasteiger partial charge in [0.25, 0.3) is 0 Å². The molecule has 0 radical (unpaired) electrons. The maximum atomic E-state index is 6.12. The smallest absolute Gasteiger partial charge is 0.128 e. The fourth-order valence-corrected chi connectivity index (χ4v) is 2.22. The van der Waals surface area contributed by atoms with Gasteiger partial charge in [-0.3, -0.25) is 0 Å². The standard InChI is InChI=1S/C14H24ClN3/c1-10(2)6-11(3)18(5)14-7-12(8-16-4)13(15)9-17-14/h7,9-11,16H,6,8H2,1-5H3. The Kier molecular flexibility index (Phi) is 5.89. The van der Waals surface area contributed by atoms with E-state index in [1.807, 2.05) is 7.05 Å². The Bertz CT molecular complexity index is 379. The zero-order valence-corrected chi connectivity index (χ0v) is 12.8. The van der Waals surface area contributed by atoms with Crippen molar-refractivity contribution in [3.8, 4) is 0 Å². The highest BCUT2D eigenvalue weighted by Gasteiger charge is 2.14. The minimum atomic E-state index is 0.473. The maximum absolute atomic E-state index is 6.12. The Morgan fingerprint density at radius 2 is 2.06 bits per heavy atom. The van der Waals surface area contributed by atoms with Crippen LogP contribution in [0.25, 0.3) is 0 Å². The molecule has 1 N–H and O–H groups in total. The summed E-state index contributed by atoms with van der Waals surface area (Å²) in [7, 11) is 4.01. The minimum Gasteiger partial charge on any atom is -0.357 e. The summed E-state index contributed by atoms with van der Waals surface area (Å²) in [6.45, 7) is 7.48. The van der Waals surface area contributed by atoms with Gasteiger partial charge in [-0.1, -0.05) is 25.4 Å². The molecule has 0 aromatic carbocycles. The molecule has 0 amide bonds. The van der Waals surface area contributed by atoms with Crippen molar-refractivity contribution >= 4 is 17.4 Å². The first-order valence-electron chi connectivity index (χ1n) is 6.47. The highest BCUT2D eigenvalue weighted by atomic mass is 35.5. The van der Waals surface area contributed by atoms with Gasteiger partial charge >= 0.3 is 0 Å². The molecular formula is C14H24ClN3. The van der Waals surface area contributed by atoms with Crippen LogP contribution in [0.15, 0.2) is 12.3 Å². The lowest BCUT2D eigenvalue weighted by Crippen LogP contribution is -2.30. The van der Waals surface area contributed by atoms with E-state index in [0.717, 1.165) is 29.4 Å². The number of anilines is 1. The van der Waals surface area contributed by atoms with Crippen LogP contribution in [0.5, 0.6) is 0 Å². The molecule has 18 heavy (non-hydrogen) atoms. The fraction of sp³-hybridized carbons (Fsp3) is 0.643. The molecule has 1 aromatic heterocycles. The summed E-state index contributed by atoms with van der Waals surface area (Å²) in [6, 6.07) is 2.54. The summed E-state index contributed by atoms with van der Waals surface area (Å²) in [5.41, 5.74) is 1.09. The third-order valence-electron chi connectivity index (χ3n) is 3.12. The largest absolute Gasteiger partial charge is 0.357 e. The molecule has 0 aliphatic carbocycles. The van der Waals surface area contributed by atoms with Crippen molar-refractivity contribution in [3.63, 3.8) is 0 Å². The number of pyridine rings is 1. The van der Waals surface area contributed by atoms with Crippen LogP contribution in [0.2, 0.25) is 5.02 Å². The van der Waals surface area contributed by atoms with E-state index >= 15 is 0 Å². The molecule has 0 aliphatic heterocycles. The van der Waals surface area contributed by atoms with E-state index in [0.29, 0.717) is 12.0 Å². The highest BCUT2D eigenvalue weighted by molar-refractivity contribution is 6.31. The quantitative estimate of drug-likeness (QED) is 0.859. The molecule has 0 aliphatic rings. The Morgan fingerprint density at radius 3 is 2.61 bits per heavy atom. The second-order valence-electron chi connectivity index (χ2n) is 5.25. The molecule has 4 heteroatoms. The molecule has 0 saturated carbocycles. The molecule has 1 heterocycles. The molecule has 1 rings (SSSR count). The second kappa shape index (κ2) is 6.95. The number of hydrogen-bond acceptors (Lipinski definition) is 3. The van der Waals surface area contributed by atoms with Gasteiger partial charge in [-0.15, -0.1) is 0 Å². The van der Waals surface area contributed by atoms with Crippen molar-refractivity contribution in [1.82, 2.24) is 10.3 Å². The Morgan fingerprint density at radius 1 is 1.39 bits per heavy atom. The van der Waals surface area contributed by atoms with E-state index in [9.17, 15) is 0 Å². The van der Waals surface area contributed by atoms with Gasteiger partial charge in [0.1, 0.15) is 5.82 Å². The van der Waals surface area contributed by atoms with Gasteiger partial charge in [-0.25, -0.2) is 4.98 Å². The van der Waals surface area contributed by atoms with Crippen molar-refractivity contribution in [2.75, 3.05) is 19.0 Å². The minimum absolute atomic E-state index is 0.473. The number of nitrogens with zero attached hydrogens (tertiary/aromatic N) is 2. The first-order chi connectivity index (χ1) is 8.45. The van der Waals surface area contributed by atoms with Crippen LogP contribution in [0.1, 0.15) is 32.8 Å². The predicted octanol–water partition coefficient (Wildman–Crippen LogP) is 3.33. The number of rotatable bonds is 6. The number of nitrogens with one attached hydrogen (secondary N) is 1. The van der Waals surface area contributed by atoms with Crippen molar-refractivity contribution in [2.24, 2.45) is 5.92 Å². The summed E-state index contributed by atoms with van der Waals surface area (Å²) in [6.07, 6.45) is 2.89. The van der Waals surface area contributed by atoms with Gasteiger partial charge in [0.05, 0.1) is 5.02 Å². The van der Waals surface area contributed by atoms with Crippen LogP contribution in [-0.4, -0.2) is 25.1 Å². The average molecular weight is 270 g/mol. The van der Waals surface area contributed by atoms with Crippen LogP contribution >= 0.6 is 11.6 Å². The van der Waals surface area contributed by atoms with Gasteiger partial charge in [0.15, 0.2) is 0 Å². The SMILES string of the molecule is CNCc1cc(N(C)C(C)CC(C)C)ncc1Cl. The summed E-state index contributed by atoms with van der Waals surface area (Å²) < 4.78 is 0. The van der Waals surface area contributed by atoms with Crippen LogP contribution in [-0.2, 0) is 6.54 Å². The Labute approximate surface area is 116 Å². The fourth-order valence-electron chi connectivity index (χ4n) is 2.05. The number of halogens is 1. The first-order valence-corrected chi connectivity index (χ1v) is 6.85. The first kappa shape index (κ1) is 15.3. The molecule has 3 nitrogen and oxygen atoms in total. The van der Waals surface area contributed by atoms with E-state index in [4.69, 9.17) is 11.6 Å². The van der Waals surface area contributed by atoms with Crippen molar-refractivity contribution in [1.29, 1.82) is 0 Å². The van der Waals surface area contributed by atoms with Gasteiger partial charge in [-0.05, 0) is 37.9 Å². The molecule has 0 spiro atoms. The molecular weight excluding hydrogens is 246 g/mol. The highest BCUT2D eigenvalue weighted by Crippen LogP contribution is 2.22. The zero-order valence-electron chi connectivity index (χ0n) is 12.0. The molecule has 1 aromatic rings. The maximum Gasteiger partial charge on any atom is 0.128 e. The summed E-state index contributed by atoms with van der Waals surface area (Å²) >= 11 is 6.12. The lowest BCUT2D eigenvalue weighted by molar-refractivity contribution is 0.502. The molecule has 1 unspecified atom stereocenters. The average Bonchev–Trinajstić information content (AvgIpc) is 2.30. The van der Waals surface area contributed by atoms with Crippen molar-refractivity contribution in [2.45, 2.75) is 39.8 Å². The normalized spacial score (nSPS) is 12.8. The molecule has 0 bridgehead atoms. The van der Waals surface area contributed by atoms with Crippen LogP contribution in [0.3, 0.4) is 0 Å². The van der Waals surface area contributed by atoms with E-state index in [1.165, 1.54) is 0 Å². The van der Waals surface area contributed by atoms with E-state index < -0.39 is 0 Å². The van der Waals surface area contributed by atoms with Gasteiger partial charge in [-0.2, -0.15) is 0 Å². The van der Waals surface area contributed by atoms with Gasteiger partial charge < -0.3 is 10.2 Å². The van der Waals surface area contributed by atoms with Crippen molar-refractivity contribution in [3.05, 3.63) is 22.8 Å². The third-order valence-corrected chi connectivity index (χ3v) is 3.46. The summed E-state index contributed by atoms with van der Waals surface area (Å²) in [4.78, 5) is 6.63. The number of aromatic nitrogens is 1. The summed E-state index contributed by atoms with van der Waals surface area (Å²) in [5.74, 6) is 1.67. The molecule has 1 atom stereocenters. The molecule has 0 saturated heterocycles. The van der Waals surface area contributed by atoms with E-state index in [-0.39, 0.29) is 0 Å². The van der Waals surface area contributed by atoms with E-state index in [2.05, 4.69) is 49.1 Å². The lowest BCUT2D eigenvalue weighted by atomic mass is 10.0. The molecule has 0 fully saturated rings. The van der Waals surface area contributed by atoms with Crippen LogP contribution in [0, 0.1) is 5.92 Å². The topological polar surface area (TPSA) is 28.2 Å². The predicted molar refractivity (Wildman–Crippen MR) is 79.3 cm³/mol. The van der Waals surface area contributed by atoms with Crippen molar-refractivity contribution < 1.29 is 0 Å². The lowest BCUT2D eigenvalue weighted by Gasteiger charge is -2.27. The number of hydrogen-bond donors (Lipinski definition) is 1. The molecule has 102 valence electrons. The van der Waals surface area contributed by atoms with Gasteiger partial charge in [0.2, 0.25) is 0 Å². The third kappa shape index (κ3) is 4.14. The zero-order chi connectivity index (χ0) is 13.7. The van der Waals surface area contributed by atoms with Gasteiger partial charge in [0, 0.05) is 25.8 Å². The summed E-state index contributed by atoms with van der Waals surface area (Å²) in [5, 5.41) is 3.84.